The van der Waals surface area contributed by atoms with E-state index in [4.69, 9.17) is 21.7 Å². The summed E-state index contributed by atoms with van der Waals surface area (Å²) < 4.78 is 0. The van der Waals surface area contributed by atoms with E-state index < -0.39 is 5.97 Å². The van der Waals surface area contributed by atoms with Crippen LogP contribution in [-0.2, 0) is 17.8 Å². The van der Waals surface area contributed by atoms with Crippen LogP contribution in [0.25, 0.3) is 10.6 Å². The number of Topliss-reactive ketones (excluding diaryl/α,β-unsaturated/α-hetero) is 1. The van der Waals surface area contributed by atoms with Crippen molar-refractivity contribution in [1.82, 2.24) is 24.8 Å². The van der Waals surface area contributed by atoms with Crippen LogP contribution < -0.4 is 4.90 Å². The number of piperazine rings is 1. The molecule has 4 rings (SSSR count). The third-order valence-electron chi connectivity index (χ3n) is 6.96. The average Bonchev–Trinajstić information content (AvgIpc) is 3.51. The predicted octanol–water partition coefficient (Wildman–Crippen LogP) is 4.96. The van der Waals surface area contributed by atoms with Gasteiger partial charge in [0, 0.05) is 55.1 Å². The first-order valence-corrected chi connectivity index (χ1v) is 15.2. The number of carboxylic acids is 1. The van der Waals surface area contributed by atoms with E-state index in [-0.39, 0.29) is 24.7 Å². The highest BCUT2D eigenvalue weighted by atomic mass is 35.5. The molecule has 3 aromatic rings. The summed E-state index contributed by atoms with van der Waals surface area (Å²) in [6.07, 6.45) is 3.50. The summed E-state index contributed by atoms with van der Waals surface area (Å²) in [5.41, 5.74) is 1.22. The molecule has 0 spiro atoms. The van der Waals surface area contributed by atoms with Crippen molar-refractivity contribution in [3.8, 4) is 10.6 Å². The second kappa shape index (κ2) is 13.3. The number of ketones is 1. The van der Waals surface area contributed by atoms with Gasteiger partial charge in [0.25, 0.3) is 0 Å². The van der Waals surface area contributed by atoms with Gasteiger partial charge in [-0.05, 0) is 33.4 Å². The molecule has 9 nitrogen and oxygen atoms in total. The zero-order valence-electron chi connectivity index (χ0n) is 22.8. The van der Waals surface area contributed by atoms with Crippen LogP contribution in [0.4, 0.5) is 5.82 Å². The second-order valence-corrected chi connectivity index (χ2v) is 12.5. The summed E-state index contributed by atoms with van der Waals surface area (Å²) in [5, 5.41) is 12.3. The Morgan fingerprint density at radius 1 is 1.26 bits per heavy atom. The van der Waals surface area contributed by atoms with E-state index in [0.29, 0.717) is 23.3 Å². The third kappa shape index (κ3) is 7.61. The minimum Gasteiger partial charge on any atom is -0.481 e. The highest BCUT2D eigenvalue weighted by Crippen LogP contribution is 2.35. The van der Waals surface area contributed by atoms with Gasteiger partial charge in [-0.1, -0.05) is 18.5 Å². The van der Waals surface area contributed by atoms with Gasteiger partial charge in [-0.15, -0.1) is 22.7 Å². The summed E-state index contributed by atoms with van der Waals surface area (Å²) in [7, 11) is 0. The van der Waals surface area contributed by atoms with E-state index in [1.165, 1.54) is 0 Å². The van der Waals surface area contributed by atoms with Crippen molar-refractivity contribution in [2.75, 3.05) is 37.6 Å². The molecule has 12 heteroatoms. The Bertz CT molecular complexity index is 1280. The highest BCUT2D eigenvalue weighted by Gasteiger charge is 2.25. The van der Waals surface area contributed by atoms with Gasteiger partial charge in [-0.3, -0.25) is 19.4 Å². The normalized spacial score (nSPS) is 16.4. The lowest BCUT2D eigenvalue weighted by Crippen LogP contribution is -2.52. The zero-order valence-corrected chi connectivity index (χ0v) is 25.2. The molecule has 3 aromatic heterocycles. The Kier molecular flexibility index (Phi) is 10.1. The fourth-order valence-corrected chi connectivity index (χ4v) is 6.95. The molecule has 1 N–H and O–H groups in total. The Labute approximate surface area is 242 Å². The number of rotatable bonds is 12. The molecule has 0 aromatic carbocycles. The molecule has 1 aliphatic heterocycles. The van der Waals surface area contributed by atoms with E-state index in [1.54, 1.807) is 35.1 Å². The van der Waals surface area contributed by atoms with Gasteiger partial charge in [0.05, 0.1) is 40.8 Å². The summed E-state index contributed by atoms with van der Waals surface area (Å²) in [4.78, 5) is 46.7. The monoisotopic (exact) mass is 590 g/mol. The van der Waals surface area contributed by atoms with Gasteiger partial charge in [0.15, 0.2) is 5.78 Å². The van der Waals surface area contributed by atoms with Crippen molar-refractivity contribution in [3.63, 3.8) is 0 Å². The molecule has 210 valence electrons. The Balaban J connectivity index is 1.44. The summed E-state index contributed by atoms with van der Waals surface area (Å²) in [6, 6.07) is 2.53. The lowest BCUT2D eigenvalue weighted by molar-refractivity contribution is -0.137. The Hall–Kier alpha value is -2.44. The number of carbonyl (C=O) groups excluding carboxylic acids is 1. The molecule has 0 unspecified atom stereocenters. The van der Waals surface area contributed by atoms with Crippen LogP contribution >= 0.6 is 34.3 Å². The molecule has 0 saturated carbocycles. The highest BCUT2D eigenvalue weighted by molar-refractivity contribution is 7.15. The fourth-order valence-electron chi connectivity index (χ4n) is 4.69. The summed E-state index contributed by atoms with van der Waals surface area (Å²) in [5.74, 6) is -0.179. The van der Waals surface area contributed by atoms with E-state index in [1.807, 2.05) is 11.4 Å². The SMILES string of the molecule is CCN(Cc1sc(CC(=O)c2cnc(N3CCN(CCC(=O)O)[C@H](C)C3)cn2)nc1-c1cc(Cl)cs1)C(C)C. The third-order valence-corrected chi connectivity index (χ3v) is 9.29. The number of hydrogen-bond acceptors (Lipinski definition) is 10. The van der Waals surface area contributed by atoms with Gasteiger partial charge < -0.3 is 10.0 Å². The van der Waals surface area contributed by atoms with Gasteiger partial charge in [0.2, 0.25) is 0 Å². The van der Waals surface area contributed by atoms with Crippen LogP contribution in [0.5, 0.6) is 0 Å². The maximum atomic E-state index is 13.1. The number of halogens is 1. The lowest BCUT2D eigenvalue weighted by atomic mass is 10.2. The quantitative estimate of drug-likeness (QED) is 0.293. The minimum absolute atomic E-state index is 0.117. The first-order valence-electron chi connectivity index (χ1n) is 13.2. The number of thiophene rings is 1. The largest absolute Gasteiger partial charge is 0.481 e. The van der Waals surface area contributed by atoms with Crippen LogP contribution in [0.2, 0.25) is 5.02 Å². The Morgan fingerprint density at radius 2 is 2.05 bits per heavy atom. The van der Waals surface area contributed by atoms with Crippen LogP contribution in [0, 0.1) is 0 Å². The topological polar surface area (TPSA) is 103 Å². The van der Waals surface area contributed by atoms with Crippen molar-refractivity contribution < 1.29 is 14.7 Å². The number of nitrogens with zero attached hydrogens (tertiary/aromatic N) is 6. The van der Waals surface area contributed by atoms with E-state index in [9.17, 15) is 9.59 Å². The molecule has 0 amide bonds. The molecular formula is C27H35ClN6O3S2. The van der Waals surface area contributed by atoms with Crippen molar-refractivity contribution in [2.24, 2.45) is 0 Å². The second-order valence-electron chi connectivity index (χ2n) is 10.00. The fraction of sp³-hybridized carbons (Fsp3) is 0.519. The number of hydrogen-bond donors (Lipinski definition) is 1. The lowest BCUT2D eigenvalue weighted by Gasteiger charge is -2.40. The summed E-state index contributed by atoms with van der Waals surface area (Å²) >= 11 is 9.34. The van der Waals surface area contributed by atoms with Crippen LogP contribution in [-0.4, -0.2) is 86.4 Å². The first kappa shape index (κ1) is 29.5. The molecule has 0 bridgehead atoms. The van der Waals surface area contributed by atoms with E-state index in [2.05, 4.69) is 52.4 Å². The minimum atomic E-state index is -0.782. The average molecular weight is 591 g/mol. The molecular weight excluding hydrogens is 556 g/mol. The number of carbonyl (C=O) groups is 2. The molecule has 1 fully saturated rings. The van der Waals surface area contributed by atoms with Gasteiger partial charge in [-0.2, -0.15) is 0 Å². The van der Waals surface area contributed by atoms with E-state index in [0.717, 1.165) is 59.0 Å². The molecule has 39 heavy (non-hydrogen) atoms. The molecule has 0 radical (unpaired) electrons. The van der Waals surface area contributed by atoms with Crippen molar-refractivity contribution in [2.45, 2.75) is 59.2 Å². The molecule has 4 heterocycles. The smallest absolute Gasteiger partial charge is 0.304 e. The summed E-state index contributed by atoms with van der Waals surface area (Å²) in [6.45, 7) is 13.0. The number of thiazole rings is 1. The molecule has 0 aliphatic carbocycles. The van der Waals surface area contributed by atoms with Gasteiger partial charge in [0.1, 0.15) is 16.5 Å². The van der Waals surface area contributed by atoms with Crippen molar-refractivity contribution >= 4 is 51.8 Å². The van der Waals surface area contributed by atoms with Crippen LogP contribution in [0.3, 0.4) is 0 Å². The molecule has 1 saturated heterocycles. The number of anilines is 1. The standard InChI is InChI=1S/C27H35ClN6O3S2/c1-5-32(17(2)3)15-23-27(22-10-19(28)16-38-22)31-25(39-23)11-21(35)20-12-30-24(13-29-20)34-9-8-33(18(4)14-34)7-6-26(36)37/h10,12-13,16-18H,5-9,11,14-15H2,1-4H3,(H,36,37)/t18-/m1/s1. The Morgan fingerprint density at radius 3 is 2.64 bits per heavy atom. The molecule has 1 atom stereocenters. The molecule has 1 aliphatic rings. The predicted molar refractivity (Wildman–Crippen MR) is 157 cm³/mol. The van der Waals surface area contributed by atoms with Crippen LogP contribution in [0.15, 0.2) is 23.8 Å². The zero-order chi connectivity index (χ0) is 28.1. The van der Waals surface area contributed by atoms with Crippen molar-refractivity contribution in [3.05, 3.63) is 44.4 Å². The maximum Gasteiger partial charge on any atom is 0.304 e. The van der Waals surface area contributed by atoms with E-state index >= 15 is 0 Å². The van der Waals surface area contributed by atoms with Crippen LogP contribution in [0.1, 0.15) is 54.5 Å². The first-order chi connectivity index (χ1) is 18.6. The maximum absolute atomic E-state index is 13.1. The van der Waals surface area contributed by atoms with Crippen molar-refractivity contribution in [1.29, 1.82) is 0 Å². The number of aromatic nitrogens is 3. The van der Waals surface area contributed by atoms with Gasteiger partial charge in [-0.25, -0.2) is 15.0 Å². The number of aliphatic carboxylic acids is 1. The van der Waals surface area contributed by atoms with Gasteiger partial charge >= 0.3 is 5.97 Å². The number of carboxylic acid groups (broad SMARTS) is 1.